The largest absolute Gasteiger partial charge is 0.382 e. The summed E-state index contributed by atoms with van der Waals surface area (Å²) in [5, 5.41) is 2.64. The van der Waals surface area contributed by atoms with Gasteiger partial charge in [0.05, 0.1) is 23.4 Å². The zero-order chi connectivity index (χ0) is 11.6. The van der Waals surface area contributed by atoms with Crippen molar-refractivity contribution in [3.8, 4) is 0 Å². The first kappa shape index (κ1) is 11.1. The molecule has 0 radical (unpaired) electrons. The van der Waals surface area contributed by atoms with Crippen LogP contribution in [0.15, 0.2) is 12.4 Å². The predicted molar refractivity (Wildman–Crippen MR) is 61.7 cm³/mol. The van der Waals surface area contributed by atoms with Crippen LogP contribution in [0.1, 0.15) is 12.8 Å². The predicted octanol–water partition coefficient (Wildman–Crippen LogP) is 0.0479. The fourth-order valence-electron chi connectivity index (χ4n) is 1.77. The van der Waals surface area contributed by atoms with Gasteiger partial charge in [0, 0.05) is 6.54 Å². The standard InChI is InChI=1S/C9H14N4O2S/c10-8-5-11-6-9(13-8)12-4-7-2-1-3-16(7,14)15/h5-7H,1-4H2,(H3,10,12,13). The topological polar surface area (TPSA) is 98.0 Å². The summed E-state index contributed by atoms with van der Waals surface area (Å²) in [7, 11) is -2.91. The fraction of sp³-hybridized carbons (Fsp3) is 0.556. The van der Waals surface area contributed by atoms with Crippen LogP contribution >= 0.6 is 0 Å². The minimum absolute atomic E-state index is 0.294. The molecule has 16 heavy (non-hydrogen) atoms. The maximum absolute atomic E-state index is 11.5. The third-order valence-electron chi connectivity index (χ3n) is 2.63. The van der Waals surface area contributed by atoms with Gasteiger partial charge in [-0.2, -0.15) is 0 Å². The van der Waals surface area contributed by atoms with E-state index in [9.17, 15) is 8.42 Å². The number of nitrogen functional groups attached to an aromatic ring is 1. The van der Waals surface area contributed by atoms with E-state index in [0.29, 0.717) is 30.4 Å². The molecule has 88 valence electrons. The van der Waals surface area contributed by atoms with Gasteiger partial charge in [-0.15, -0.1) is 0 Å². The molecule has 1 aliphatic rings. The summed E-state index contributed by atoms with van der Waals surface area (Å²) < 4.78 is 23.1. The van der Waals surface area contributed by atoms with E-state index in [1.165, 1.54) is 12.4 Å². The summed E-state index contributed by atoms with van der Waals surface area (Å²) in [6, 6.07) is 0. The molecule has 1 atom stereocenters. The Morgan fingerprint density at radius 1 is 1.50 bits per heavy atom. The lowest BCUT2D eigenvalue weighted by molar-refractivity contribution is 0.591. The lowest BCUT2D eigenvalue weighted by Crippen LogP contribution is -2.25. The lowest BCUT2D eigenvalue weighted by atomic mass is 10.2. The summed E-state index contributed by atoms with van der Waals surface area (Å²) in [5.74, 6) is 1.13. The minimum Gasteiger partial charge on any atom is -0.382 e. The van der Waals surface area contributed by atoms with Gasteiger partial charge in [-0.25, -0.2) is 13.4 Å². The molecule has 2 rings (SSSR count). The fourth-order valence-corrected chi connectivity index (χ4v) is 3.54. The van der Waals surface area contributed by atoms with Gasteiger partial charge in [-0.1, -0.05) is 0 Å². The Morgan fingerprint density at radius 3 is 2.94 bits per heavy atom. The highest BCUT2D eigenvalue weighted by atomic mass is 32.2. The monoisotopic (exact) mass is 242 g/mol. The second-order valence-corrected chi connectivity index (χ2v) is 6.24. The van der Waals surface area contributed by atoms with Crippen molar-refractivity contribution in [2.24, 2.45) is 0 Å². The summed E-state index contributed by atoms with van der Waals surface area (Å²) >= 11 is 0. The smallest absolute Gasteiger partial charge is 0.154 e. The van der Waals surface area contributed by atoms with Gasteiger partial charge in [0.1, 0.15) is 11.6 Å². The number of aromatic nitrogens is 2. The molecule has 0 saturated carbocycles. The maximum atomic E-state index is 11.5. The van der Waals surface area contributed by atoms with Crippen molar-refractivity contribution in [3.05, 3.63) is 12.4 Å². The Bertz CT molecular complexity index is 474. The minimum atomic E-state index is -2.91. The van der Waals surface area contributed by atoms with Crippen molar-refractivity contribution in [1.29, 1.82) is 0 Å². The highest BCUT2D eigenvalue weighted by Crippen LogP contribution is 2.20. The van der Waals surface area contributed by atoms with Crippen LogP contribution in [0.2, 0.25) is 0 Å². The average molecular weight is 242 g/mol. The number of nitrogens with one attached hydrogen (secondary N) is 1. The molecular formula is C9H14N4O2S. The Labute approximate surface area is 94.2 Å². The van der Waals surface area contributed by atoms with Crippen LogP contribution in [0, 0.1) is 0 Å². The van der Waals surface area contributed by atoms with E-state index in [-0.39, 0.29) is 5.25 Å². The molecule has 1 unspecified atom stereocenters. The zero-order valence-electron chi connectivity index (χ0n) is 8.76. The summed E-state index contributed by atoms with van der Waals surface area (Å²) in [6.45, 7) is 0.375. The molecule has 1 fully saturated rings. The number of nitrogens with two attached hydrogens (primary N) is 1. The molecule has 1 aromatic heterocycles. The van der Waals surface area contributed by atoms with Crippen LogP contribution in [0.25, 0.3) is 0 Å². The van der Waals surface area contributed by atoms with Crippen LogP contribution in [-0.4, -0.2) is 35.9 Å². The van der Waals surface area contributed by atoms with Crippen molar-refractivity contribution < 1.29 is 8.42 Å². The third kappa shape index (κ3) is 2.41. The van der Waals surface area contributed by atoms with Gasteiger partial charge >= 0.3 is 0 Å². The van der Waals surface area contributed by atoms with Crippen LogP contribution in [0.4, 0.5) is 11.6 Å². The summed E-state index contributed by atoms with van der Waals surface area (Å²) in [5.41, 5.74) is 5.46. The highest BCUT2D eigenvalue weighted by Gasteiger charge is 2.30. The van der Waals surface area contributed by atoms with Crippen molar-refractivity contribution in [2.45, 2.75) is 18.1 Å². The molecule has 0 aliphatic carbocycles. The molecule has 0 amide bonds. The number of anilines is 2. The second-order valence-electron chi connectivity index (χ2n) is 3.84. The molecule has 0 aromatic carbocycles. The third-order valence-corrected chi connectivity index (χ3v) is 4.90. The van der Waals surface area contributed by atoms with Crippen LogP contribution in [0.5, 0.6) is 0 Å². The van der Waals surface area contributed by atoms with E-state index in [1.54, 1.807) is 0 Å². The van der Waals surface area contributed by atoms with E-state index in [1.807, 2.05) is 0 Å². The lowest BCUT2D eigenvalue weighted by Gasteiger charge is -2.10. The van der Waals surface area contributed by atoms with Crippen LogP contribution in [-0.2, 0) is 9.84 Å². The van der Waals surface area contributed by atoms with E-state index < -0.39 is 9.84 Å². The van der Waals surface area contributed by atoms with Gasteiger partial charge in [-0.3, -0.25) is 4.98 Å². The summed E-state index contributed by atoms with van der Waals surface area (Å²) in [6.07, 6.45) is 4.43. The van der Waals surface area contributed by atoms with Gasteiger partial charge in [-0.05, 0) is 12.8 Å². The van der Waals surface area contributed by atoms with Gasteiger partial charge in [0.15, 0.2) is 9.84 Å². The maximum Gasteiger partial charge on any atom is 0.154 e. The van der Waals surface area contributed by atoms with Gasteiger partial charge < -0.3 is 11.1 Å². The second kappa shape index (κ2) is 4.25. The highest BCUT2D eigenvalue weighted by molar-refractivity contribution is 7.92. The van der Waals surface area contributed by atoms with Gasteiger partial charge in [0.25, 0.3) is 0 Å². The van der Waals surface area contributed by atoms with Crippen molar-refractivity contribution >= 4 is 21.5 Å². The quantitative estimate of drug-likeness (QED) is 0.777. The first-order valence-corrected chi connectivity index (χ1v) is 6.82. The Kier molecular flexibility index (Phi) is 2.95. The number of hydrogen-bond donors (Lipinski definition) is 2. The Morgan fingerprint density at radius 2 is 2.31 bits per heavy atom. The molecule has 1 aliphatic heterocycles. The van der Waals surface area contributed by atoms with Crippen molar-refractivity contribution in [3.63, 3.8) is 0 Å². The molecule has 1 aromatic rings. The van der Waals surface area contributed by atoms with Crippen molar-refractivity contribution in [2.75, 3.05) is 23.3 Å². The molecular weight excluding hydrogens is 228 g/mol. The zero-order valence-corrected chi connectivity index (χ0v) is 9.57. The average Bonchev–Trinajstić information content (AvgIpc) is 2.55. The first-order chi connectivity index (χ1) is 7.58. The molecule has 1 saturated heterocycles. The molecule has 3 N–H and O–H groups in total. The SMILES string of the molecule is Nc1cncc(NCC2CCCS2(=O)=O)n1. The number of rotatable bonds is 3. The van der Waals surface area contributed by atoms with E-state index >= 15 is 0 Å². The van der Waals surface area contributed by atoms with Gasteiger partial charge in [0.2, 0.25) is 0 Å². The van der Waals surface area contributed by atoms with Crippen LogP contribution < -0.4 is 11.1 Å². The Balaban J connectivity index is 1.98. The first-order valence-electron chi connectivity index (χ1n) is 5.11. The van der Waals surface area contributed by atoms with E-state index in [2.05, 4.69) is 15.3 Å². The van der Waals surface area contributed by atoms with E-state index in [4.69, 9.17) is 5.73 Å². The van der Waals surface area contributed by atoms with Crippen LogP contribution in [0.3, 0.4) is 0 Å². The molecule has 6 nitrogen and oxygen atoms in total. The van der Waals surface area contributed by atoms with E-state index in [0.717, 1.165) is 6.42 Å². The van der Waals surface area contributed by atoms with Crippen molar-refractivity contribution in [1.82, 2.24) is 9.97 Å². The molecule has 0 bridgehead atoms. The number of sulfone groups is 1. The normalized spacial score (nSPS) is 23.1. The molecule has 2 heterocycles. The molecule has 7 heteroatoms. The Hall–Kier alpha value is -1.37. The number of hydrogen-bond acceptors (Lipinski definition) is 6. The summed E-state index contributed by atoms with van der Waals surface area (Å²) in [4.78, 5) is 7.86. The number of nitrogens with zero attached hydrogens (tertiary/aromatic N) is 2. The molecule has 0 spiro atoms.